The minimum Gasteiger partial charge on any atom is -0.376 e. The Morgan fingerprint density at radius 2 is 2.15 bits per heavy atom. The van der Waals surface area contributed by atoms with Crippen molar-refractivity contribution in [1.29, 1.82) is 0 Å². The van der Waals surface area contributed by atoms with Crippen molar-refractivity contribution in [1.82, 2.24) is 9.97 Å². The molecule has 5 nitrogen and oxygen atoms in total. The molecule has 0 unspecified atom stereocenters. The van der Waals surface area contributed by atoms with Crippen molar-refractivity contribution < 1.29 is 9.47 Å². The van der Waals surface area contributed by atoms with Crippen LogP contribution >= 0.6 is 0 Å². The molecular weight excluding hydrogens is 256 g/mol. The van der Waals surface area contributed by atoms with Gasteiger partial charge in [0.05, 0.1) is 24.5 Å². The minimum absolute atomic E-state index is 0.0697. The Morgan fingerprint density at radius 1 is 1.40 bits per heavy atom. The van der Waals surface area contributed by atoms with Crippen LogP contribution in [-0.2, 0) is 28.1 Å². The van der Waals surface area contributed by atoms with E-state index >= 15 is 0 Å². The van der Waals surface area contributed by atoms with Gasteiger partial charge >= 0.3 is 0 Å². The fourth-order valence-corrected chi connectivity index (χ4v) is 3.22. The maximum absolute atomic E-state index is 12.2. The second-order valence-corrected chi connectivity index (χ2v) is 6.02. The molecule has 1 aromatic rings. The third-order valence-electron chi connectivity index (χ3n) is 4.73. The normalized spacial score (nSPS) is 30.0. The smallest absolute Gasteiger partial charge is 0.256 e. The Bertz CT molecular complexity index is 545. The number of methoxy groups -OCH3 is 1. The predicted octanol–water partition coefficient (Wildman–Crippen LogP) is 1.89. The third-order valence-corrected chi connectivity index (χ3v) is 4.73. The number of aromatic amines is 1. The van der Waals surface area contributed by atoms with E-state index in [1.807, 2.05) is 0 Å². The molecule has 1 aromatic heterocycles. The largest absolute Gasteiger partial charge is 0.376 e. The number of rotatable bonds is 2. The number of hydrogen-bond donors (Lipinski definition) is 1. The summed E-state index contributed by atoms with van der Waals surface area (Å²) in [7, 11) is 1.72. The lowest BCUT2D eigenvalue weighted by Gasteiger charge is -2.37. The average Bonchev–Trinajstić information content (AvgIpc) is 2.48. The summed E-state index contributed by atoms with van der Waals surface area (Å²) < 4.78 is 11.1. The number of ether oxygens (including phenoxy) is 2. The van der Waals surface area contributed by atoms with Gasteiger partial charge in [0.2, 0.25) is 0 Å². The molecule has 1 aliphatic heterocycles. The first-order valence-electron chi connectivity index (χ1n) is 7.40. The number of fused-ring (bicyclic) bond motifs is 1. The van der Waals surface area contributed by atoms with E-state index in [9.17, 15) is 4.79 Å². The molecule has 0 radical (unpaired) electrons. The van der Waals surface area contributed by atoms with Crippen LogP contribution in [0.2, 0.25) is 0 Å². The van der Waals surface area contributed by atoms with Gasteiger partial charge in [-0.1, -0.05) is 6.92 Å². The van der Waals surface area contributed by atoms with E-state index in [0.717, 1.165) is 37.3 Å². The van der Waals surface area contributed by atoms with Crippen molar-refractivity contribution in [2.24, 2.45) is 5.92 Å². The van der Waals surface area contributed by atoms with Gasteiger partial charge in [-0.15, -0.1) is 0 Å². The van der Waals surface area contributed by atoms with Gasteiger partial charge < -0.3 is 14.5 Å². The van der Waals surface area contributed by atoms with Crippen LogP contribution in [0.25, 0.3) is 0 Å². The standard InChI is InChI=1S/C15H22N2O3/c1-10-3-6-15(19-2,7-4-10)14-16-12-5-8-20-9-11(12)13(18)17-14/h10H,3-9H2,1-2H3,(H,16,17,18). The molecule has 0 aromatic carbocycles. The molecule has 1 aliphatic carbocycles. The lowest BCUT2D eigenvalue weighted by molar-refractivity contribution is -0.0603. The van der Waals surface area contributed by atoms with E-state index in [0.29, 0.717) is 31.0 Å². The predicted molar refractivity (Wildman–Crippen MR) is 74.5 cm³/mol. The summed E-state index contributed by atoms with van der Waals surface area (Å²) in [6, 6.07) is 0. The Hall–Kier alpha value is -1.20. The van der Waals surface area contributed by atoms with E-state index in [-0.39, 0.29) is 5.56 Å². The van der Waals surface area contributed by atoms with E-state index in [1.165, 1.54) is 0 Å². The molecule has 0 bridgehead atoms. The van der Waals surface area contributed by atoms with Crippen molar-refractivity contribution in [2.45, 2.75) is 51.2 Å². The molecule has 5 heteroatoms. The van der Waals surface area contributed by atoms with Crippen LogP contribution in [0.1, 0.15) is 49.7 Å². The van der Waals surface area contributed by atoms with E-state index in [4.69, 9.17) is 14.5 Å². The first-order chi connectivity index (χ1) is 9.64. The summed E-state index contributed by atoms with van der Waals surface area (Å²) in [5, 5.41) is 0. The van der Waals surface area contributed by atoms with Gasteiger partial charge in [0.25, 0.3) is 5.56 Å². The van der Waals surface area contributed by atoms with Gasteiger partial charge in [0, 0.05) is 13.5 Å². The molecule has 3 rings (SSSR count). The molecule has 0 saturated heterocycles. The zero-order valence-corrected chi connectivity index (χ0v) is 12.2. The molecule has 1 fully saturated rings. The maximum Gasteiger partial charge on any atom is 0.256 e. The number of H-pyrrole nitrogens is 1. The number of hydrogen-bond acceptors (Lipinski definition) is 4. The summed E-state index contributed by atoms with van der Waals surface area (Å²) in [5.74, 6) is 1.42. The van der Waals surface area contributed by atoms with Crippen LogP contribution in [0.15, 0.2) is 4.79 Å². The first-order valence-corrected chi connectivity index (χ1v) is 7.40. The topological polar surface area (TPSA) is 64.2 Å². The van der Waals surface area contributed by atoms with Crippen molar-refractivity contribution in [3.8, 4) is 0 Å². The highest BCUT2D eigenvalue weighted by Gasteiger charge is 2.39. The third kappa shape index (κ3) is 2.29. The molecule has 0 atom stereocenters. The van der Waals surface area contributed by atoms with Gasteiger partial charge in [-0.2, -0.15) is 0 Å². The van der Waals surface area contributed by atoms with Crippen molar-refractivity contribution in [3.63, 3.8) is 0 Å². The molecule has 2 heterocycles. The number of aromatic nitrogens is 2. The molecule has 0 amide bonds. The van der Waals surface area contributed by atoms with Gasteiger partial charge in [-0.05, 0) is 31.6 Å². The lowest BCUT2D eigenvalue weighted by Crippen LogP contribution is -2.38. The lowest BCUT2D eigenvalue weighted by atomic mass is 9.79. The average molecular weight is 278 g/mol. The molecule has 2 aliphatic rings. The van der Waals surface area contributed by atoms with Crippen LogP contribution in [0.4, 0.5) is 0 Å². The van der Waals surface area contributed by atoms with Crippen LogP contribution < -0.4 is 5.56 Å². The fraction of sp³-hybridized carbons (Fsp3) is 0.733. The molecule has 20 heavy (non-hydrogen) atoms. The summed E-state index contributed by atoms with van der Waals surface area (Å²) in [5.41, 5.74) is 1.07. The summed E-state index contributed by atoms with van der Waals surface area (Å²) in [6.45, 7) is 3.27. The molecular formula is C15H22N2O3. The monoisotopic (exact) mass is 278 g/mol. The van der Waals surface area contributed by atoms with Gasteiger partial charge in [0.1, 0.15) is 11.4 Å². The van der Waals surface area contributed by atoms with Crippen molar-refractivity contribution in [3.05, 3.63) is 27.4 Å². The van der Waals surface area contributed by atoms with Crippen molar-refractivity contribution >= 4 is 0 Å². The molecule has 110 valence electrons. The van der Waals surface area contributed by atoms with Crippen LogP contribution in [-0.4, -0.2) is 23.7 Å². The molecule has 1 saturated carbocycles. The second kappa shape index (κ2) is 5.30. The number of nitrogens with one attached hydrogen (secondary N) is 1. The summed E-state index contributed by atoms with van der Waals surface area (Å²) in [4.78, 5) is 19.9. The summed E-state index contributed by atoms with van der Waals surface area (Å²) >= 11 is 0. The van der Waals surface area contributed by atoms with Gasteiger partial charge in [0.15, 0.2) is 0 Å². The maximum atomic E-state index is 12.2. The highest BCUT2D eigenvalue weighted by molar-refractivity contribution is 5.21. The first kappa shape index (κ1) is 13.8. The zero-order chi connectivity index (χ0) is 14.2. The molecule has 1 N–H and O–H groups in total. The second-order valence-electron chi connectivity index (χ2n) is 6.02. The van der Waals surface area contributed by atoms with E-state index in [2.05, 4.69) is 11.9 Å². The van der Waals surface area contributed by atoms with E-state index in [1.54, 1.807) is 7.11 Å². The van der Waals surface area contributed by atoms with E-state index < -0.39 is 5.60 Å². The van der Waals surface area contributed by atoms with Crippen LogP contribution in [0.5, 0.6) is 0 Å². The Kier molecular flexibility index (Phi) is 3.65. The SMILES string of the molecule is COC1(c2nc3c(c(=O)[nH]2)COCC3)CCC(C)CC1. The zero-order valence-electron chi connectivity index (χ0n) is 12.2. The Morgan fingerprint density at radius 3 is 2.85 bits per heavy atom. The fourth-order valence-electron chi connectivity index (χ4n) is 3.22. The quantitative estimate of drug-likeness (QED) is 0.897. The van der Waals surface area contributed by atoms with Crippen LogP contribution in [0.3, 0.4) is 0 Å². The van der Waals surface area contributed by atoms with Gasteiger partial charge in [-0.3, -0.25) is 4.79 Å². The van der Waals surface area contributed by atoms with Crippen molar-refractivity contribution in [2.75, 3.05) is 13.7 Å². The van der Waals surface area contributed by atoms with Crippen LogP contribution in [0, 0.1) is 5.92 Å². The minimum atomic E-state index is -0.418. The highest BCUT2D eigenvalue weighted by Crippen LogP contribution is 2.40. The Labute approximate surface area is 118 Å². The number of nitrogens with zero attached hydrogens (tertiary/aromatic N) is 1. The molecule has 0 spiro atoms. The van der Waals surface area contributed by atoms with Gasteiger partial charge in [-0.25, -0.2) is 4.98 Å². The Balaban J connectivity index is 2.00. The highest BCUT2D eigenvalue weighted by atomic mass is 16.5. The summed E-state index contributed by atoms with van der Waals surface area (Å²) in [6.07, 6.45) is 4.77.